The summed E-state index contributed by atoms with van der Waals surface area (Å²) in [6.07, 6.45) is 5.31. The molecular weight excluding hydrogens is 420 g/mol. The van der Waals surface area contributed by atoms with E-state index in [1.807, 2.05) is 49.5 Å². The smallest absolute Gasteiger partial charge is 0.258 e. The second-order valence-corrected chi connectivity index (χ2v) is 7.16. The van der Waals surface area contributed by atoms with E-state index in [1.54, 1.807) is 30.0 Å². The molecule has 3 aromatic rings. The van der Waals surface area contributed by atoms with Gasteiger partial charge in [0.05, 0.1) is 19.4 Å². The minimum absolute atomic E-state index is 0.0820. The van der Waals surface area contributed by atoms with Crippen LogP contribution in [0, 0.1) is 0 Å². The molecule has 0 aliphatic heterocycles. The van der Waals surface area contributed by atoms with E-state index in [0.29, 0.717) is 24.1 Å². The Bertz CT molecular complexity index is 1100. The number of hydrogen-bond donors (Lipinski definition) is 1. The molecule has 0 saturated heterocycles. The Morgan fingerprint density at radius 2 is 2.04 bits per heavy atom. The number of hydrogen-bond acceptors (Lipinski definition) is 3. The second kappa shape index (κ2) is 8.89. The number of amides is 1. The number of aromatic nitrogens is 1. The molecule has 0 radical (unpaired) electrons. The van der Waals surface area contributed by atoms with Crippen molar-refractivity contribution >= 4 is 38.7 Å². The average Bonchev–Trinajstić information content (AvgIpc) is 2.71. The van der Waals surface area contributed by atoms with Crippen molar-refractivity contribution in [1.29, 1.82) is 0 Å². The zero-order valence-corrected chi connectivity index (χ0v) is 17.3. The van der Waals surface area contributed by atoms with Gasteiger partial charge in [-0.3, -0.25) is 9.59 Å². The van der Waals surface area contributed by atoms with Gasteiger partial charge in [0.2, 0.25) is 0 Å². The number of benzene rings is 2. The van der Waals surface area contributed by atoms with Crippen molar-refractivity contribution < 1.29 is 9.53 Å². The highest BCUT2D eigenvalue weighted by molar-refractivity contribution is 9.10. The maximum atomic E-state index is 13.0. The quantitative estimate of drug-likeness (QED) is 0.584. The number of carbonyl (C=O) groups is 1. The zero-order chi connectivity index (χ0) is 20.1. The van der Waals surface area contributed by atoms with Crippen LogP contribution in [-0.2, 0) is 11.3 Å². The Morgan fingerprint density at radius 3 is 2.79 bits per heavy atom. The molecule has 144 valence electrons. The van der Waals surface area contributed by atoms with Crippen molar-refractivity contribution in [3.05, 3.63) is 86.4 Å². The standard InChI is InChI=1S/C22H21BrN2O3/c1-3-28-10-9-17-14-25(22(27)19-8-7-18(23)12-20(17)19)13-15-5-4-6-16(11-15)21(26)24-2/h4-12,14H,3,13H2,1-2H3,(H,24,26)/b10-9+. The van der Waals surface area contributed by atoms with E-state index in [-0.39, 0.29) is 11.5 Å². The van der Waals surface area contributed by atoms with Crippen LogP contribution in [0.5, 0.6) is 0 Å². The Morgan fingerprint density at radius 1 is 1.21 bits per heavy atom. The summed E-state index contributed by atoms with van der Waals surface area (Å²) >= 11 is 3.47. The van der Waals surface area contributed by atoms with Crippen molar-refractivity contribution in [3.63, 3.8) is 0 Å². The number of pyridine rings is 1. The van der Waals surface area contributed by atoms with Gasteiger partial charge in [-0.25, -0.2) is 0 Å². The fourth-order valence-electron chi connectivity index (χ4n) is 3.01. The maximum absolute atomic E-state index is 13.0. The van der Waals surface area contributed by atoms with Gasteiger partial charge < -0.3 is 14.6 Å². The minimum atomic E-state index is -0.155. The van der Waals surface area contributed by atoms with Crippen molar-refractivity contribution in [2.75, 3.05) is 13.7 Å². The largest absolute Gasteiger partial charge is 0.501 e. The number of rotatable bonds is 6. The van der Waals surface area contributed by atoms with Crippen LogP contribution in [0.1, 0.15) is 28.4 Å². The normalized spacial score (nSPS) is 11.1. The van der Waals surface area contributed by atoms with Gasteiger partial charge in [-0.05, 0) is 54.3 Å². The van der Waals surface area contributed by atoms with Crippen LogP contribution in [0.25, 0.3) is 16.8 Å². The van der Waals surface area contributed by atoms with Crippen LogP contribution in [0.2, 0.25) is 0 Å². The lowest BCUT2D eigenvalue weighted by molar-refractivity contribution is 0.0963. The average molecular weight is 441 g/mol. The highest BCUT2D eigenvalue weighted by Crippen LogP contribution is 2.22. The molecule has 0 saturated carbocycles. The number of nitrogens with one attached hydrogen (secondary N) is 1. The fraction of sp³-hybridized carbons (Fsp3) is 0.182. The Labute approximate surface area is 171 Å². The predicted octanol–water partition coefficient (Wildman–Crippen LogP) is 4.18. The van der Waals surface area contributed by atoms with Gasteiger partial charge in [-0.2, -0.15) is 0 Å². The first-order chi connectivity index (χ1) is 13.5. The first-order valence-corrected chi connectivity index (χ1v) is 9.74. The highest BCUT2D eigenvalue weighted by atomic mass is 79.9. The number of nitrogens with zero attached hydrogens (tertiary/aromatic N) is 1. The van der Waals surface area contributed by atoms with Gasteiger partial charge >= 0.3 is 0 Å². The molecule has 28 heavy (non-hydrogen) atoms. The molecule has 0 bridgehead atoms. The molecule has 0 aliphatic carbocycles. The number of fused-ring (bicyclic) bond motifs is 1. The summed E-state index contributed by atoms with van der Waals surface area (Å²) in [5.41, 5.74) is 2.24. The van der Waals surface area contributed by atoms with E-state index in [4.69, 9.17) is 4.74 Å². The monoisotopic (exact) mass is 440 g/mol. The Balaban J connectivity index is 2.08. The number of halogens is 1. The van der Waals surface area contributed by atoms with Crippen LogP contribution in [0.15, 0.2) is 64.2 Å². The molecule has 5 nitrogen and oxygen atoms in total. The van der Waals surface area contributed by atoms with Gasteiger partial charge in [0.15, 0.2) is 0 Å². The molecule has 0 fully saturated rings. The molecule has 6 heteroatoms. The van der Waals surface area contributed by atoms with E-state index in [1.165, 1.54) is 0 Å². The summed E-state index contributed by atoms with van der Waals surface area (Å²) in [5.74, 6) is -0.155. The third kappa shape index (κ3) is 4.34. The van der Waals surface area contributed by atoms with Crippen molar-refractivity contribution in [3.8, 4) is 0 Å². The zero-order valence-electron chi connectivity index (χ0n) is 15.7. The lowest BCUT2D eigenvalue weighted by Gasteiger charge is -2.12. The molecule has 0 spiro atoms. The summed E-state index contributed by atoms with van der Waals surface area (Å²) in [4.78, 5) is 24.9. The van der Waals surface area contributed by atoms with Gasteiger partial charge in [0.1, 0.15) is 0 Å². The third-order valence-electron chi connectivity index (χ3n) is 4.36. The first-order valence-electron chi connectivity index (χ1n) is 8.95. The molecule has 0 unspecified atom stereocenters. The van der Waals surface area contributed by atoms with Crippen molar-refractivity contribution in [1.82, 2.24) is 9.88 Å². The van der Waals surface area contributed by atoms with Gasteiger partial charge in [-0.1, -0.05) is 28.1 Å². The lowest BCUT2D eigenvalue weighted by atomic mass is 10.1. The summed E-state index contributed by atoms with van der Waals surface area (Å²) in [7, 11) is 1.60. The topological polar surface area (TPSA) is 60.3 Å². The molecule has 1 N–H and O–H groups in total. The summed E-state index contributed by atoms with van der Waals surface area (Å²) in [6.45, 7) is 2.86. The van der Waals surface area contributed by atoms with Crippen molar-refractivity contribution in [2.24, 2.45) is 0 Å². The summed E-state index contributed by atoms with van der Waals surface area (Å²) in [6, 6.07) is 12.9. The van der Waals surface area contributed by atoms with Gasteiger partial charge in [0, 0.05) is 34.2 Å². The van der Waals surface area contributed by atoms with E-state index < -0.39 is 0 Å². The Hall–Kier alpha value is -2.86. The third-order valence-corrected chi connectivity index (χ3v) is 4.85. The van der Waals surface area contributed by atoms with Gasteiger partial charge in [0.25, 0.3) is 11.5 Å². The molecule has 2 aromatic carbocycles. The fourth-order valence-corrected chi connectivity index (χ4v) is 3.37. The maximum Gasteiger partial charge on any atom is 0.258 e. The molecule has 0 atom stereocenters. The highest BCUT2D eigenvalue weighted by Gasteiger charge is 2.10. The summed E-state index contributed by atoms with van der Waals surface area (Å²) in [5, 5.41) is 4.10. The molecule has 1 heterocycles. The predicted molar refractivity (Wildman–Crippen MR) is 116 cm³/mol. The molecule has 1 aromatic heterocycles. The van der Waals surface area contributed by atoms with Crippen LogP contribution >= 0.6 is 15.9 Å². The van der Waals surface area contributed by atoms with Crippen molar-refractivity contribution in [2.45, 2.75) is 13.5 Å². The second-order valence-electron chi connectivity index (χ2n) is 6.24. The summed E-state index contributed by atoms with van der Waals surface area (Å²) < 4.78 is 7.90. The van der Waals surface area contributed by atoms with E-state index in [2.05, 4.69) is 21.2 Å². The number of carbonyl (C=O) groups excluding carboxylic acids is 1. The van der Waals surface area contributed by atoms with Crippen LogP contribution in [-0.4, -0.2) is 24.1 Å². The SMILES string of the molecule is CCO/C=C/c1cn(Cc2cccc(C(=O)NC)c2)c(=O)c2ccc(Br)cc12. The minimum Gasteiger partial charge on any atom is -0.501 e. The molecule has 0 aliphatic rings. The molecule has 1 amide bonds. The van der Waals surface area contributed by atoms with Crippen LogP contribution in [0.3, 0.4) is 0 Å². The van der Waals surface area contributed by atoms with E-state index >= 15 is 0 Å². The number of ether oxygens (including phenoxy) is 1. The van der Waals surface area contributed by atoms with Crippen LogP contribution < -0.4 is 10.9 Å². The van der Waals surface area contributed by atoms with E-state index in [0.717, 1.165) is 21.0 Å². The van der Waals surface area contributed by atoms with Gasteiger partial charge in [-0.15, -0.1) is 0 Å². The van der Waals surface area contributed by atoms with Crippen LogP contribution in [0.4, 0.5) is 0 Å². The Kier molecular flexibility index (Phi) is 6.31. The van der Waals surface area contributed by atoms with E-state index in [9.17, 15) is 9.59 Å². The molecule has 3 rings (SSSR count). The first kappa shape index (κ1) is 19.9. The lowest BCUT2D eigenvalue weighted by Crippen LogP contribution is -2.22. The molecular formula is C22H21BrN2O3.